The van der Waals surface area contributed by atoms with E-state index in [2.05, 4.69) is 15.6 Å². The summed E-state index contributed by atoms with van der Waals surface area (Å²) < 4.78 is 0. The highest BCUT2D eigenvalue weighted by Gasteiger charge is 2.36. The number of piperazine rings is 1. The Labute approximate surface area is 116 Å². The largest absolute Gasteiger partial charge is 0.386 e. The summed E-state index contributed by atoms with van der Waals surface area (Å²) in [5.74, 6) is -1.25. The van der Waals surface area contributed by atoms with Crippen molar-refractivity contribution >= 4 is 23.4 Å². The van der Waals surface area contributed by atoms with E-state index in [1.807, 2.05) is 0 Å². The van der Waals surface area contributed by atoms with Crippen molar-refractivity contribution in [1.29, 1.82) is 0 Å². The number of pyridine rings is 1. The van der Waals surface area contributed by atoms with Crippen LogP contribution in [0.15, 0.2) is 18.5 Å². The van der Waals surface area contributed by atoms with Crippen molar-refractivity contribution in [3.8, 4) is 0 Å². The Morgan fingerprint density at radius 1 is 1.55 bits per heavy atom. The Balaban J connectivity index is 2.35. The number of carbonyl (C=O) groups is 3. The van der Waals surface area contributed by atoms with Crippen molar-refractivity contribution in [1.82, 2.24) is 15.2 Å². The average Bonchev–Trinajstić information content (AvgIpc) is 2.45. The van der Waals surface area contributed by atoms with E-state index in [9.17, 15) is 14.4 Å². The standard InChI is InChI=1S/C13H16N4O3/c1-3-10-12(19)16-11(18)7-17(10)13(20)8-4-5-15-6-9(8)14-2/h4-6,10,14H,3,7H2,1-2H3,(H,16,18,19). The van der Waals surface area contributed by atoms with Crippen molar-refractivity contribution in [2.24, 2.45) is 0 Å². The molecule has 0 bridgehead atoms. The lowest BCUT2D eigenvalue weighted by molar-refractivity contribution is -0.138. The van der Waals surface area contributed by atoms with Gasteiger partial charge in [-0.25, -0.2) is 0 Å². The molecule has 1 fully saturated rings. The zero-order valence-corrected chi connectivity index (χ0v) is 11.3. The Kier molecular flexibility index (Phi) is 3.97. The van der Waals surface area contributed by atoms with E-state index in [0.717, 1.165) is 0 Å². The maximum Gasteiger partial charge on any atom is 0.257 e. The SMILES string of the molecule is CCC1C(=O)NC(=O)CN1C(=O)c1ccncc1NC. The number of imide groups is 1. The van der Waals surface area contributed by atoms with Crippen molar-refractivity contribution in [3.05, 3.63) is 24.0 Å². The highest BCUT2D eigenvalue weighted by molar-refractivity contribution is 6.08. The van der Waals surface area contributed by atoms with Gasteiger partial charge < -0.3 is 10.2 Å². The second-order valence-corrected chi connectivity index (χ2v) is 4.44. The highest BCUT2D eigenvalue weighted by atomic mass is 16.2. The molecule has 2 heterocycles. The number of carbonyl (C=O) groups excluding carboxylic acids is 3. The van der Waals surface area contributed by atoms with Gasteiger partial charge in [0.05, 0.1) is 17.4 Å². The minimum atomic E-state index is -0.627. The molecule has 0 spiro atoms. The third kappa shape index (κ3) is 2.47. The maximum absolute atomic E-state index is 12.6. The van der Waals surface area contributed by atoms with Gasteiger partial charge in [0, 0.05) is 13.2 Å². The van der Waals surface area contributed by atoms with Crippen LogP contribution in [0.1, 0.15) is 23.7 Å². The normalized spacial score (nSPS) is 18.7. The topological polar surface area (TPSA) is 91.4 Å². The van der Waals surface area contributed by atoms with Crippen molar-refractivity contribution < 1.29 is 14.4 Å². The number of rotatable bonds is 3. The van der Waals surface area contributed by atoms with Gasteiger partial charge in [-0.15, -0.1) is 0 Å². The molecule has 0 radical (unpaired) electrons. The van der Waals surface area contributed by atoms with Gasteiger partial charge in [-0.05, 0) is 12.5 Å². The lowest BCUT2D eigenvalue weighted by atomic mass is 10.1. The minimum Gasteiger partial charge on any atom is -0.386 e. The molecule has 20 heavy (non-hydrogen) atoms. The third-order valence-corrected chi connectivity index (χ3v) is 3.22. The van der Waals surface area contributed by atoms with Crippen molar-refractivity contribution in [2.75, 3.05) is 18.9 Å². The number of nitrogens with zero attached hydrogens (tertiary/aromatic N) is 2. The van der Waals surface area contributed by atoms with E-state index >= 15 is 0 Å². The van der Waals surface area contributed by atoms with Crippen LogP contribution in [0.5, 0.6) is 0 Å². The van der Waals surface area contributed by atoms with Gasteiger partial charge in [0.2, 0.25) is 11.8 Å². The summed E-state index contributed by atoms with van der Waals surface area (Å²) in [5.41, 5.74) is 0.953. The fraction of sp³-hybridized carbons (Fsp3) is 0.385. The van der Waals surface area contributed by atoms with Gasteiger partial charge in [0.1, 0.15) is 12.6 Å². The molecule has 106 valence electrons. The van der Waals surface area contributed by atoms with E-state index in [1.54, 1.807) is 20.0 Å². The highest BCUT2D eigenvalue weighted by Crippen LogP contribution is 2.19. The Bertz CT molecular complexity index is 558. The summed E-state index contributed by atoms with van der Waals surface area (Å²) in [4.78, 5) is 41.1. The molecule has 1 aromatic heterocycles. The van der Waals surface area contributed by atoms with Gasteiger partial charge in [0.25, 0.3) is 5.91 Å². The number of hydrogen-bond donors (Lipinski definition) is 2. The number of hydrogen-bond acceptors (Lipinski definition) is 5. The summed E-state index contributed by atoms with van der Waals surface area (Å²) in [6.45, 7) is 1.68. The summed E-state index contributed by atoms with van der Waals surface area (Å²) in [7, 11) is 1.68. The molecule has 1 aromatic rings. The van der Waals surface area contributed by atoms with Crippen LogP contribution in [0.25, 0.3) is 0 Å². The van der Waals surface area contributed by atoms with E-state index < -0.39 is 17.9 Å². The molecule has 2 N–H and O–H groups in total. The first-order chi connectivity index (χ1) is 9.58. The molecule has 0 aliphatic carbocycles. The zero-order valence-electron chi connectivity index (χ0n) is 11.3. The first-order valence-corrected chi connectivity index (χ1v) is 6.35. The molecule has 2 rings (SSSR count). The van der Waals surface area contributed by atoms with Crippen LogP contribution >= 0.6 is 0 Å². The van der Waals surface area contributed by atoms with E-state index in [-0.39, 0.29) is 12.5 Å². The fourth-order valence-electron chi connectivity index (χ4n) is 2.22. The van der Waals surface area contributed by atoms with Crippen molar-refractivity contribution in [3.63, 3.8) is 0 Å². The van der Waals surface area contributed by atoms with Gasteiger partial charge in [-0.2, -0.15) is 0 Å². The molecule has 1 aliphatic rings. The molecule has 1 atom stereocenters. The predicted molar refractivity (Wildman–Crippen MR) is 72.0 cm³/mol. The summed E-state index contributed by atoms with van der Waals surface area (Å²) in [5, 5.41) is 5.12. The first-order valence-electron chi connectivity index (χ1n) is 6.35. The minimum absolute atomic E-state index is 0.117. The van der Waals surface area contributed by atoms with Crippen LogP contribution in [-0.4, -0.2) is 47.2 Å². The average molecular weight is 276 g/mol. The monoisotopic (exact) mass is 276 g/mol. The van der Waals surface area contributed by atoms with Crippen LogP contribution in [0.4, 0.5) is 5.69 Å². The van der Waals surface area contributed by atoms with Crippen LogP contribution < -0.4 is 10.6 Å². The lowest BCUT2D eigenvalue weighted by Gasteiger charge is -2.33. The Morgan fingerprint density at radius 3 is 2.95 bits per heavy atom. The van der Waals surface area contributed by atoms with Crippen LogP contribution in [-0.2, 0) is 9.59 Å². The molecule has 1 unspecified atom stereocenters. The number of aromatic nitrogens is 1. The molecule has 0 aromatic carbocycles. The predicted octanol–water partition coefficient (Wildman–Crippen LogP) is 0.000500. The summed E-state index contributed by atoms with van der Waals surface area (Å²) in [6, 6.07) is 0.941. The van der Waals surface area contributed by atoms with E-state index in [1.165, 1.54) is 17.3 Å². The lowest BCUT2D eigenvalue weighted by Crippen LogP contribution is -2.59. The molecule has 1 saturated heterocycles. The Hall–Kier alpha value is -2.44. The molecular weight excluding hydrogens is 260 g/mol. The maximum atomic E-state index is 12.6. The van der Waals surface area contributed by atoms with E-state index in [4.69, 9.17) is 0 Å². The molecule has 3 amide bonds. The van der Waals surface area contributed by atoms with Crippen LogP contribution in [0.2, 0.25) is 0 Å². The molecule has 1 aliphatic heterocycles. The second kappa shape index (κ2) is 5.68. The molecule has 7 nitrogen and oxygen atoms in total. The quantitative estimate of drug-likeness (QED) is 0.758. The van der Waals surface area contributed by atoms with Crippen LogP contribution in [0.3, 0.4) is 0 Å². The number of nitrogens with one attached hydrogen (secondary N) is 2. The molecule has 7 heteroatoms. The van der Waals surface area contributed by atoms with Gasteiger partial charge in [-0.1, -0.05) is 6.92 Å². The second-order valence-electron chi connectivity index (χ2n) is 4.44. The van der Waals surface area contributed by atoms with Crippen LogP contribution in [0, 0.1) is 0 Å². The van der Waals surface area contributed by atoms with Gasteiger partial charge in [-0.3, -0.25) is 24.7 Å². The number of amides is 3. The van der Waals surface area contributed by atoms with Crippen molar-refractivity contribution in [2.45, 2.75) is 19.4 Å². The summed E-state index contributed by atoms with van der Waals surface area (Å²) >= 11 is 0. The smallest absolute Gasteiger partial charge is 0.257 e. The zero-order chi connectivity index (χ0) is 14.7. The molecule has 0 saturated carbocycles. The number of anilines is 1. The first kappa shape index (κ1) is 14.0. The fourth-order valence-corrected chi connectivity index (χ4v) is 2.22. The molecular formula is C13H16N4O3. The third-order valence-electron chi connectivity index (χ3n) is 3.22. The van der Waals surface area contributed by atoms with Gasteiger partial charge >= 0.3 is 0 Å². The Morgan fingerprint density at radius 2 is 2.30 bits per heavy atom. The van der Waals surface area contributed by atoms with E-state index in [0.29, 0.717) is 17.7 Å². The van der Waals surface area contributed by atoms with Gasteiger partial charge in [0.15, 0.2) is 0 Å². The summed E-state index contributed by atoms with van der Waals surface area (Å²) in [6.07, 6.45) is 3.48.